The number of benzene rings is 1. The molecule has 1 aromatic rings. The van der Waals surface area contributed by atoms with Crippen molar-refractivity contribution in [1.29, 1.82) is 0 Å². The standard InChI is InChI=1S/C15H23N3O4/c1-4-12-5-6-13(8-14(12)18(21)22)17-15(20)16-9-10(2)7-11(3)19/h5-6,8,10-11,19H,4,7,9H2,1-3H3,(H2,16,17,20)/t10-,11+/m0/s1. The number of amides is 2. The maximum atomic E-state index is 11.8. The number of aliphatic hydroxyl groups excluding tert-OH is 1. The number of nitro groups is 1. The van der Waals surface area contributed by atoms with Crippen LogP contribution in [0.5, 0.6) is 0 Å². The summed E-state index contributed by atoms with van der Waals surface area (Å²) >= 11 is 0. The molecule has 7 nitrogen and oxygen atoms in total. The summed E-state index contributed by atoms with van der Waals surface area (Å²) in [6, 6.07) is 4.22. The lowest BCUT2D eigenvalue weighted by atomic mass is 10.1. The predicted molar refractivity (Wildman–Crippen MR) is 85.0 cm³/mol. The molecule has 0 saturated carbocycles. The second-order valence-electron chi connectivity index (χ2n) is 5.48. The number of nitrogens with zero attached hydrogens (tertiary/aromatic N) is 1. The highest BCUT2D eigenvalue weighted by atomic mass is 16.6. The van der Waals surface area contributed by atoms with Crippen LogP contribution in [0.2, 0.25) is 0 Å². The van der Waals surface area contributed by atoms with Gasteiger partial charge in [-0.2, -0.15) is 0 Å². The zero-order chi connectivity index (χ0) is 16.7. The van der Waals surface area contributed by atoms with Crippen LogP contribution < -0.4 is 10.6 Å². The molecule has 0 aliphatic rings. The second kappa shape index (κ2) is 8.33. The van der Waals surface area contributed by atoms with Gasteiger partial charge in [0.25, 0.3) is 5.69 Å². The van der Waals surface area contributed by atoms with Crippen LogP contribution in [0.1, 0.15) is 32.8 Å². The summed E-state index contributed by atoms with van der Waals surface area (Å²) < 4.78 is 0. The highest BCUT2D eigenvalue weighted by Crippen LogP contribution is 2.23. The minimum Gasteiger partial charge on any atom is -0.393 e. The molecule has 0 aliphatic carbocycles. The first-order valence-corrected chi connectivity index (χ1v) is 7.33. The number of anilines is 1. The van der Waals surface area contributed by atoms with Gasteiger partial charge in [0.1, 0.15) is 0 Å². The van der Waals surface area contributed by atoms with E-state index >= 15 is 0 Å². The SMILES string of the molecule is CCc1ccc(NC(=O)NC[C@@H](C)C[C@@H](C)O)cc1[N+](=O)[O-]. The number of carbonyl (C=O) groups excluding carboxylic acids is 1. The van der Waals surface area contributed by atoms with Gasteiger partial charge in [-0.3, -0.25) is 10.1 Å². The van der Waals surface area contributed by atoms with Gasteiger partial charge < -0.3 is 15.7 Å². The molecule has 0 heterocycles. The maximum Gasteiger partial charge on any atom is 0.319 e. The van der Waals surface area contributed by atoms with Gasteiger partial charge >= 0.3 is 6.03 Å². The van der Waals surface area contributed by atoms with E-state index in [1.165, 1.54) is 6.07 Å². The molecule has 22 heavy (non-hydrogen) atoms. The van der Waals surface area contributed by atoms with Gasteiger partial charge in [0.2, 0.25) is 0 Å². The van der Waals surface area contributed by atoms with Crippen molar-refractivity contribution in [2.24, 2.45) is 5.92 Å². The molecule has 1 rings (SSSR count). The third-order valence-corrected chi connectivity index (χ3v) is 3.28. The molecule has 0 bridgehead atoms. The van der Waals surface area contributed by atoms with Gasteiger partial charge in [-0.25, -0.2) is 4.79 Å². The van der Waals surface area contributed by atoms with Crippen molar-refractivity contribution in [3.63, 3.8) is 0 Å². The summed E-state index contributed by atoms with van der Waals surface area (Å²) in [5.74, 6) is 0.141. The fourth-order valence-electron chi connectivity index (χ4n) is 2.22. The molecule has 0 aliphatic heterocycles. The molecule has 0 fully saturated rings. The van der Waals surface area contributed by atoms with E-state index in [1.807, 2.05) is 13.8 Å². The number of carbonyl (C=O) groups is 1. The molecule has 2 amide bonds. The first-order valence-electron chi connectivity index (χ1n) is 7.33. The summed E-state index contributed by atoms with van der Waals surface area (Å²) in [4.78, 5) is 22.3. The third kappa shape index (κ3) is 5.69. The summed E-state index contributed by atoms with van der Waals surface area (Å²) in [5, 5.41) is 25.5. The van der Waals surface area contributed by atoms with E-state index in [9.17, 15) is 20.0 Å². The average Bonchev–Trinajstić information content (AvgIpc) is 2.44. The normalized spacial score (nSPS) is 13.3. The van der Waals surface area contributed by atoms with E-state index < -0.39 is 17.1 Å². The quantitative estimate of drug-likeness (QED) is 0.532. The van der Waals surface area contributed by atoms with E-state index in [0.29, 0.717) is 30.6 Å². The number of urea groups is 1. The van der Waals surface area contributed by atoms with Crippen LogP contribution in [-0.2, 0) is 6.42 Å². The fourth-order valence-corrected chi connectivity index (χ4v) is 2.22. The Labute approximate surface area is 129 Å². The van der Waals surface area contributed by atoms with Gasteiger partial charge in [0.05, 0.1) is 11.0 Å². The number of aryl methyl sites for hydroxylation is 1. The Morgan fingerprint density at radius 1 is 1.41 bits per heavy atom. The van der Waals surface area contributed by atoms with Crippen molar-refractivity contribution in [2.75, 3.05) is 11.9 Å². The molecule has 1 aromatic carbocycles. The first kappa shape index (κ1) is 17.9. The lowest BCUT2D eigenvalue weighted by Gasteiger charge is -2.14. The number of hydrogen-bond acceptors (Lipinski definition) is 4. The smallest absolute Gasteiger partial charge is 0.319 e. The largest absolute Gasteiger partial charge is 0.393 e. The lowest BCUT2D eigenvalue weighted by Crippen LogP contribution is -2.33. The van der Waals surface area contributed by atoms with Crippen LogP contribution in [-0.4, -0.2) is 28.7 Å². The van der Waals surface area contributed by atoms with E-state index in [1.54, 1.807) is 19.1 Å². The number of nitrogens with one attached hydrogen (secondary N) is 2. The summed E-state index contributed by atoms with van der Waals surface area (Å²) in [6.07, 6.45) is 0.737. The Hall–Kier alpha value is -2.15. The Balaban J connectivity index is 2.61. The summed E-state index contributed by atoms with van der Waals surface area (Å²) in [6.45, 7) is 5.89. The summed E-state index contributed by atoms with van der Waals surface area (Å²) in [5.41, 5.74) is 1.01. The van der Waals surface area contributed by atoms with Gasteiger partial charge in [-0.15, -0.1) is 0 Å². The highest BCUT2D eigenvalue weighted by Gasteiger charge is 2.14. The van der Waals surface area contributed by atoms with Crippen molar-refractivity contribution in [1.82, 2.24) is 5.32 Å². The Morgan fingerprint density at radius 2 is 2.09 bits per heavy atom. The lowest BCUT2D eigenvalue weighted by molar-refractivity contribution is -0.385. The number of nitro benzene ring substituents is 1. The Bertz CT molecular complexity index is 532. The molecule has 3 N–H and O–H groups in total. The summed E-state index contributed by atoms with van der Waals surface area (Å²) in [7, 11) is 0. The molecular formula is C15H23N3O4. The molecule has 7 heteroatoms. The van der Waals surface area contributed by atoms with Crippen LogP contribution in [0, 0.1) is 16.0 Å². The Morgan fingerprint density at radius 3 is 2.64 bits per heavy atom. The van der Waals surface area contributed by atoms with Gasteiger partial charge in [-0.1, -0.05) is 19.9 Å². The number of rotatable bonds is 7. The molecule has 0 aromatic heterocycles. The van der Waals surface area contributed by atoms with E-state index in [2.05, 4.69) is 10.6 Å². The van der Waals surface area contributed by atoms with E-state index in [4.69, 9.17) is 0 Å². The van der Waals surface area contributed by atoms with Crippen molar-refractivity contribution in [3.8, 4) is 0 Å². The minimum atomic E-state index is -0.452. The van der Waals surface area contributed by atoms with E-state index in [0.717, 1.165) is 0 Å². The molecule has 122 valence electrons. The molecule has 2 atom stereocenters. The van der Waals surface area contributed by atoms with Crippen LogP contribution in [0.15, 0.2) is 18.2 Å². The van der Waals surface area contributed by atoms with Crippen molar-refractivity contribution in [2.45, 2.75) is 39.7 Å². The molecule has 0 spiro atoms. The molecule has 0 unspecified atom stereocenters. The van der Waals surface area contributed by atoms with Crippen LogP contribution >= 0.6 is 0 Å². The van der Waals surface area contributed by atoms with Crippen LogP contribution in [0.4, 0.5) is 16.2 Å². The third-order valence-electron chi connectivity index (χ3n) is 3.28. The zero-order valence-electron chi connectivity index (χ0n) is 13.1. The zero-order valence-corrected chi connectivity index (χ0v) is 13.1. The van der Waals surface area contributed by atoms with Gasteiger partial charge in [0.15, 0.2) is 0 Å². The van der Waals surface area contributed by atoms with Crippen molar-refractivity contribution >= 4 is 17.4 Å². The average molecular weight is 309 g/mol. The van der Waals surface area contributed by atoms with Crippen LogP contribution in [0.25, 0.3) is 0 Å². The van der Waals surface area contributed by atoms with Gasteiger partial charge in [-0.05, 0) is 31.7 Å². The highest BCUT2D eigenvalue weighted by molar-refractivity contribution is 5.89. The number of aliphatic hydroxyl groups is 1. The van der Waals surface area contributed by atoms with Crippen molar-refractivity contribution in [3.05, 3.63) is 33.9 Å². The molecular weight excluding hydrogens is 286 g/mol. The number of hydrogen-bond donors (Lipinski definition) is 3. The molecule has 0 saturated heterocycles. The Kier molecular flexibility index (Phi) is 6.78. The monoisotopic (exact) mass is 309 g/mol. The topological polar surface area (TPSA) is 104 Å². The van der Waals surface area contributed by atoms with E-state index in [-0.39, 0.29) is 11.6 Å². The minimum absolute atomic E-state index is 0.00257. The van der Waals surface area contributed by atoms with Gasteiger partial charge in [0, 0.05) is 23.9 Å². The molecule has 0 radical (unpaired) electrons. The first-order chi connectivity index (χ1) is 10.3. The van der Waals surface area contributed by atoms with Crippen molar-refractivity contribution < 1.29 is 14.8 Å². The van der Waals surface area contributed by atoms with Crippen LogP contribution in [0.3, 0.4) is 0 Å². The fraction of sp³-hybridized carbons (Fsp3) is 0.533. The maximum absolute atomic E-state index is 11.8. The predicted octanol–water partition coefficient (Wildman–Crippen LogP) is 2.69. The second-order valence-corrected chi connectivity index (χ2v) is 5.48.